The lowest BCUT2D eigenvalue weighted by molar-refractivity contribution is 0.408. The summed E-state index contributed by atoms with van der Waals surface area (Å²) in [6, 6.07) is 6.19. The fourth-order valence-electron chi connectivity index (χ4n) is 2.00. The quantitative estimate of drug-likeness (QED) is 0.873. The van der Waals surface area contributed by atoms with E-state index in [4.69, 9.17) is 10.5 Å². The number of nitrogens with two attached hydrogens (primary N) is 1. The van der Waals surface area contributed by atoms with Gasteiger partial charge in [0.15, 0.2) is 0 Å². The van der Waals surface area contributed by atoms with Crippen LogP contribution in [0.25, 0.3) is 0 Å². The topological polar surface area (TPSA) is 53.1 Å². The molecular weight excluding hydrogens is 226 g/mol. The number of ether oxygens (including phenoxy) is 1. The van der Waals surface area contributed by atoms with Gasteiger partial charge in [-0.3, -0.25) is 0 Å². The van der Waals surface area contributed by atoms with Gasteiger partial charge in [-0.2, -0.15) is 0 Å². The highest BCUT2D eigenvalue weighted by Crippen LogP contribution is 2.20. The number of hydrogen-bond donors (Lipinski definition) is 1. The average Bonchev–Trinajstić information content (AvgIpc) is 2.77. The van der Waals surface area contributed by atoms with E-state index in [0.717, 1.165) is 30.0 Å². The number of aromatic nitrogens is 2. The maximum atomic E-state index is 5.52. The third kappa shape index (κ3) is 2.90. The van der Waals surface area contributed by atoms with E-state index >= 15 is 0 Å². The molecule has 0 aliphatic rings. The lowest BCUT2D eigenvalue weighted by Gasteiger charge is -2.09. The standard InChI is InChI=1S/C14H19N3O/c1-11-3-4-14(18-2)12(7-11)8-17-9-13(5-6-15)16-10-17/h3-4,7,9-10H,5-6,8,15H2,1-2H3. The van der Waals surface area contributed by atoms with Crippen LogP contribution in [0.4, 0.5) is 0 Å². The lowest BCUT2D eigenvalue weighted by atomic mass is 10.1. The van der Waals surface area contributed by atoms with Crippen molar-refractivity contribution in [2.45, 2.75) is 19.9 Å². The zero-order chi connectivity index (χ0) is 13.0. The van der Waals surface area contributed by atoms with Gasteiger partial charge >= 0.3 is 0 Å². The van der Waals surface area contributed by atoms with Crippen molar-refractivity contribution >= 4 is 0 Å². The minimum atomic E-state index is 0.630. The summed E-state index contributed by atoms with van der Waals surface area (Å²) in [7, 11) is 1.70. The van der Waals surface area contributed by atoms with Gasteiger partial charge in [0.2, 0.25) is 0 Å². The molecule has 0 aliphatic carbocycles. The van der Waals surface area contributed by atoms with Gasteiger partial charge in [0.25, 0.3) is 0 Å². The molecule has 1 heterocycles. The molecule has 0 aliphatic heterocycles. The number of nitrogens with zero attached hydrogens (tertiary/aromatic N) is 2. The van der Waals surface area contributed by atoms with Gasteiger partial charge in [0.05, 0.1) is 25.7 Å². The number of methoxy groups -OCH3 is 1. The molecule has 1 aromatic carbocycles. The fourth-order valence-corrected chi connectivity index (χ4v) is 2.00. The van der Waals surface area contributed by atoms with Crippen molar-refractivity contribution in [3.05, 3.63) is 47.5 Å². The smallest absolute Gasteiger partial charge is 0.123 e. The summed E-state index contributed by atoms with van der Waals surface area (Å²) in [6.45, 7) is 3.48. The molecule has 96 valence electrons. The summed E-state index contributed by atoms with van der Waals surface area (Å²) in [5, 5.41) is 0. The van der Waals surface area contributed by atoms with Crippen LogP contribution in [0, 0.1) is 6.92 Å². The fraction of sp³-hybridized carbons (Fsp3) is 0.357. The largest absolute Gasteiger partial charge is 0.496 e. The second-order valence-corrected chi connectivity index (χ2v) is 4.39. The minimum absolute atomic E-state index is 0.630. The van der Waals surface area contributed by atoms with Crippen LogP contribution in [0.5, 0.6) is 5.75 Å². The van der Waals surface area contributed by atoms with Crippen molar-refractivity contribution in [2.24, 2.45) is 5.73 Å². The van der Waals surface area contributed by atoms with Gasteiger partial charge in [0, 0.05) is 18.2 Å². The Balaban J connectivity index is 2.19. The van der Waals surface area contributed by atoms with Crippen LogP contribution in [0.3, 0.4) is 0 Å². The first-order valence-electron chi connectivity index (χ1n) is 6.07. The van der Waals surface area contributed by atoms with E-state index in [9.17, 15) is 0 Å². The third-order valence-electron chi connectivity index (χ3n) is 2.88. The third-order valence-corrected chi connectivity index (χ3v) is 2.88. The van der Waals surface area contributed by atoms with Crippen LogP contribution in [0.15, 0.2) is 30.7 Å². The molecule has 0 bridgehead atoms. The van der Waals surface area contributed by atoms with E-state index < -0.39 is 0 Å². The molecule has 18 heavy (non-hydrogen) atoms. The molecule has 0 unspecified atom stereocenters. The predicted octanol–water partition coefficient (Wildman–Crippen LogP) is 1.75. The molecule has 0 fully saturated rings. The van der Waals surface area contributed by atoms with Crippen molar-refractivity contribution in [1.29, 1.82) is 0 Å². The Hall–Kier alpha value is -1.81. The highest BCUT2D eigenvalue weighted by Gasteiger charge is 2.05. The van der Waals surface area contributed by atoms with E-state index in [1.54, 1.807) is 7.11 Å². The average molecular weight is 245 g/mol. The summed E-state index contributed by atoms with van der Waals surface area (Å²) >= 11 is 0. The Bertz CT molecular complexity index is 520. The SMILES string of the molecule is COc1ccc(C)cc1Cn1cnc(CCN)c1. The maximum Gasteiger partial charge on any atom is 0.123 e. The molecular formula is C14H19N3O. The van der Waals surface area contributed by atoms with Crippen LogP contribution >= 0.6 is 0 Å². The zero-order valence-corrected chi connectivity index (χ0v) is 10.9. The van der Waals surface area contributed by atoms with Crippen molar-refractivity contribution < 1.29 is 4.74 Å². The minimum Gasteiger partial charge on any atom is -0.496 e. The summed E-state index contributed by atoms with van der Waals surface area (Å²) < 4.78 is 7.43. The molecule has 2 N–H and O–H groups in total. The van der Waals surface area contributed by atoms with Gasteiger partial charge < -0.3 is 15.0 Å². The van der Waals surface area contributed by atoms with E-state index in [0.29, 0.717) is 6.54 Å². The van der Waals surface area contributed by atoms with Gasteiger partial charge in [0.1, 0.15) is 5.75 Å². The summed E-state index contributed by atoms with van der Waals surface area (Å²) in [5.41, 5.74) is 8.94. The highest BCUT2D eigenvalue weighted by atomic mass is 16.5. The van der Waals surface area contributed by atoms with Crippen molar-refractivity contribution in [1.82, 2.24) is 9.55 Å². The molecule has 0 atom stereocenters. The van der Waals surface area contributed by atoms with E-state index in [2.05, 4.69) is 28.6 Å². The Morgan fingerprint density at radius 3 is 2.94 bits per heavy atom. The van der Waals surface area contributed by atoms with E-state index in [1.165, 1.54) is 5.56 Å². The molecule has 2 aromatic rings. The van der Waals surface area contributed by atoms with Gasteiger partial charge in [-0.15, -0.1) is 0 Å². The maximum absolute atomic E-state index is 5.52. The first-order valence-corrected chi connectivity index (χ1v) is 6.07. The number of imidazole rings is 1. The van der Waals surface area contributed by atoms with Gasteiger partial charge in [-0.1, -0.05) is 17.7 Å². The predicted molar refractivity (Wildman–Crippen MR) is 71.8 cm³/mol. The lowest BCUT2D eigenvalue weighted by Crippen LogP contribution is -2.03. The number of aryl methyl sites for hydroxylation is 1. The second kappa shape index (κ2) is 5.69. The molecule has 2 rings (SSSR count). The van der Waals surface area contributed by atoms with Crippen LogP contribution < -0.4 is 10.5 Å². The van der Waals surface area contributed by atoms with E-state index in [1.807, 2.05) is 18.6 Å². The normalized spacial score (nSPS) is 10.6. The van der Waals surface area contributed by atoms with Crippen LogP contribution in [-0.4, -0.2) is 23.2 Å². The Labute approximate surface area is 107 Å². The van der Waals surface area contributed by atoms with Crippen LogP contribution in [-0.2, 0) is 13.0 Å². The summed E-state index contributed by atoms with van der Waals surface area (Å²) in [5.74, 6) is 0.912. The highest BCUT2D eigenvalue weighted by molar-refractivity contribution is 5.37. The first-order chi connectivity index (χ1) is 8.72. The molecule has 4 heteroatoms. The Morgan fingerprint density at radius 1 is 1.39 bits per heavy atom. The van der Waals surface area contributed by atoms with E-state index in [-0.39, 0.29) is 0 Å². The molecule has 0 saturated heterocycles. The molecule has 0 radical (unpaired) electrons. The molecule has 1 aromatic heterocycles. The monoisotopic (exact) mass is 245 g/mol. The molecule has 0 spiro atoms. The van der Waals surface area contributed by atoms with Crippen LogP contribution in [0.1, 0.15) is 16.8 Å². The Morgan fingerprint density at radius 2 is 2.22 bits per heavy atom. The van der Waals surface area contributed by atoms with Gasteiger partial charge in [-0.25, -0.2) is 4.98 Å². The van der Waals surface area contributed by atoms with Crippen molar-refractivity contribution in [2.75, 3.05) is 13.7 Å². The number of hydrogen-bond acceptors (Lipinski definition) is 3. The number of rotatable bonds is 5. The second-order valence-electron chi connectivity index (χ2n) is 4.39. The van der Waals surface area contributed by atoms with Crippen molar-refractivity contribution in [3.8, 4) is 5.75 Å². The summed E-state index contributed by atoms with van der Waals surface area (Å²) in [4.78, 5) is 4.32. The van der Waals surface area contributed by atoms with Crippen molar-refractivity contribution in [3.63, 3.8) is 0 Å². The summed E-state index contributed by atoms with van der Waals surface area (Å²) in [6.07, 6.45) is 4.69. The zero-order valence-electron chi connectivity index (χ0n) is 10.9. The van der Waals surface area contributed by atoms with Gasteiger partial charge in [-0.05, 0) is 19.5 Å². The first kappa shape index (κ1) is 12.6. The molecule has 0 saturated carbocycles. The molecule has 4 nitrogen and oxygen atoms in total. The Kier molecular flexibility index (Phi) is 3.99. The molecule has 0 amide bonds. The number of benzene rings is 1. The van der Waals surface area contributed by atoms with Crippen LogP contribution in [0.2, 0.25) is 0 Å².